The third kappa shape index (κ3) is 3.61. The quantitative estimate of drug-likeness (QED) is 0.882. The topological polar surface area (TPSA) is 75.4 Å². The average molecular weight is 331 g/mol. The molecular weight excluding hydrogens is 318 g/mol. The van der Waals surface area contributed by atoms with Crippen molar-refractivity contribution in [2.45, 2.75) is 19.4 Å². The normalized spacial score (nSPS) is 12.2. The summed E-state index contributed by atoms with van der Waals surface area (Å²) in [6, 6.07) is 3.25. The van der Waals surface area contributed by atoms with Gasteiger partial charge in [-0.15, -0.1) is 0 Å². The molecule has 1 heterocycles. The van der Waals surface area contributed by atoms with Crippen LogP contribution in [0.3, 0.4) is 0 Å². The van der Waals surface area contributed by atoms with E-state index >= 15 is 0 Å². The van der Waals surface area contributed by atoms with Crippen molar-refractivity contribution < 1.29 is 23.2 Å². The van der Waals surface area contributed by atoms with E-state index in [9.17, 15) is 18.7 Å². The van der Waals surface area contributed by atoms with E-state index in [0.29, 0.717) is 11.3 Å². The van der Waals surface area contributed by atoms with E-state index in [1.165, 1.54) is 6.07 Å². The van der Waals surface area contributed by atoms with Gasteiger partial charge in [-0.1, -0.05) is 11.2 Å². The fourth-order valence-electron chi connectivity index (χ4n) is 1.92. The average Bonchev–Trinajstić information content (AvgIpc) is 2.77. The first-order valence-electron chi connectivity index (χ1n) is 6.39. The summed E-state index contributed by atoms with van der Waals surface area (Å²) >= 11 is 5.73. The number of aliphatic hydroxyl groups excluding tert-OH is 1. The SMILES string of the molecule is Cc1noc(Cl)c1CC(=O)NCC(O)c1c(F)cccc1F. The summed E-state index contributed by atoms with van der Waals surface area (Å²) in [6.07, 6.45) is -1.61. The molecule has 2 N–H and O–H groups in total. The molecule has 0 aliphatic rings. The van der Waals surface area contributed by atoms with Crippen LogP contribution in [0.1, 0.15) is 22.9 Å². The number of nitrogens with one attached hydrogen (secondary N) is 1. The fraction of sp³-hybridized carbons (Fsp3) is 0.286. The molecule has 5 nitrogen and oxygen atoms in total. The Morgan fingerprint density at radius 2 is 2.09 bits per heavy atom. The first kappa shape index (κ1) is 16.4. The number of hydrogen-bond donors (Lipinski definition) is 2. The van der Waals surface area contributed by atoms with Crippen LogP contribution < -0.4 is 5.32 Å². The van der Waals surface area contributed by atoms with Crippen molar-refractivity contribution in [3.05, 3.63) is 51.9 Å². The second kappa shape index (κ2) is 6.85. The Labute approximate surface area is 129 Å². The van der Waals surface area contributed by atoms with Crippen LogP contribution in [0.4, 0.5) is 8.78 Å². The van der Waals surface area contributed by atoms with E-state index in [1.54, 1.807) is 6.92 Å². The van der Waals surface area contributed by atoms with Crippen molar-refractivity contribution in [2.75, 3.05) is 6.54 Å². The van der Waals surface area contributed by atoms with Gasteiger partial charge < -0.3 is 14.9 Å². The first-order valence-corrected chi connectivity index (χ1v) is 6.77. The molecule has 0 aliphatic carbocycles. The number of halogens is 3. The number of amides is 1. The second-order valence-corrected chi connectivity index (χ2v) is 5.00. The lowest BCUT2D eigenvalue weighted by molar-refractivity contribution is -0.120. The van der Waals surface area contributed by atoms with Gasteiger partial charge in [0.15, 0.2) is 0 Å². The van der Waals surface area contributed by atoms with Gasteiger partial charge in [0.05, 0.1) is 17.7 Å². The van der Waals surface area contributed by atoms with Crippen LogP contribution in [0, 0.1) is 18.6 Å². The minimum absolute atomic E-state index is 0.00773. The van der Waals surface area contributed by atoms with Gasteiger partial charge >= 0.3 is 0 Å². The van der Waals surface area contributed by atoms with E-state index in [0.717, 1.165) is 12.1 Å². The highest BCUT2D eigenvalue weighted by Crippen LogP contribution is 2.21. The number of benzene rings is 1. The lowest BCUT2D eigenvalue weighted by Gasteiger charge is -2.13. The number of rotatable bonds is 5. The zero-order chi connectivity index (χ0) is 16.3. The van der Waals surface area contributed by atoms with Crippen molar-refractivity contribution in [2.24, 2.45) is 0 Å². The lowest BCUT2D eigenvalue weighted by atomic mass is 10.1. The zero-order valence-electron chi connectivity index (χ0n) is 11.6. The number of aromatic nitrogens is 1. The maximum absolute atomic E-state index is 13.5. The largest absolute Gasteiger partial charge is 0.386 e. The molecule has 1 aromatic carbocycles. The highest BCUT2D eigenvalue weighted by atomic mass is 35.5. The minimum atomic E-state index is -1.50. The highest BCUT2D eigenvalue weighted by molar-refractivity contribution is 6.29. The number of carbonyl (C=O) groups is 1. The zero-order valence-corrected chi connectivity index (χ0v) is 12.3. The molecule has 118 valence electrons. The van der Waals surface area contributed by atoms with Gasteiger partial charge in [-0.3, -0.25) is 4.79 Å². The Bertz CT molecular complexity index is 651. The van der Waals surface area contributed by atoms with Gasteiger partial charge in [-0.05, 0) is 30.7 Å². The third-order valence-electron chi connectivity index (χ3n) is 3.10. The maximum Gasteiger partial charge on any atom is 0.229 e. The Morgan fingerprint density at radius 3 is 2.64 bits per heavy atom. The molecule has 1 amide bonds. The molecule has 0 fully saturated rings. The van der Waals surface area contributed by atoms with Gasteiger partial charge in [0.1, 0.15) is 17.7 Å². The molecular formula is C14H13ClF2N2O3. The summed E-state index contributed by atoms with van der Waals surface area (Å²) in [5.74, 6) is -2.23. The molecule has 0 radical (unpaired) electrons. The van der Waals surface area contributed by atoms with Gasteiger partial charge in [-0.2, -0.15) is 0 Å². The molecule has 8 heteroatoms. The molecule has 0 aliphatic heterocycles. The minimum Gasteiger partial charge on any atom is -0.386 e. The molecule has 0 saturated carbocycles. The highest BCUT2D eigenvalue weighted by Gasteiger charge is 2.20. The summed E-state index contributed by atoms with van der Waals surface area (Å²) < 4.78 is 31.7. The number of aliphatic hydroxyl groups is 1. The maximum atomic E-state index is 13.5. The fourth-order valence-corrected chi connectivity index (χ4v) is 2.16. The van der Waals surface area contributed by atoms with Gasteiger partial charge in [-0.25, -0.2) is 8.78 Å². The smallest absolute Gasteiger partial charge is 0.229 e. The Hall–Kier alpha value is -1.99. The summed E-state index contributed by atoms with van der Waals surface area (Å²) in [7, 11) is 0. The molecule has 2 aromatic rings. The van der Waals surface area contributed by atoms with E-state index in [-0.39, 0.29) is 18.2 Å². The molecule has 22 heavy (non-hydrogen) atoms. The summed E-state index contributed by atoms with van der Waals surface area (Å²) in [4.78, 5) is 11.8. The van der Waals surface area contributed by atoms with E-state index < -0.39 is 29.2 Å². The summed E-state index contributed by atoms with van der Waals surface area (Å²) in [5.41, 5.74) is 0.411. The van der Waals surface area contributed by atoms with Crippen LogP contribution in [-0.2, 0) is 11.2 Å². The molecule has 1 atom stereocenters. The van der Waals surface area contributed by atoms with E-state index in [4.69, 9.17) is 16.1 Å². The number of hydrogen-bond acceptors (Lipinski definition) is 4. The van der Waals surface area contributed by atoms with E-state index in [2.05, 4.69) is 10.5 Å². The van der Waals surface area contributed by atoms with Crippen LogP contribution >= 0.6 is 11.6 Å². The standard InChI is InChI=1S/C14H13ClF2N2O3/c1-7-8(14(15)22-19-7)5-12(21)18-6-11(20)13-9(16)3-2-4-10(13)17/h2-4,11,20H,5-6H2,1H3,(H,18,21). The molecule has 2 rings (SSSR count). The number of carbonyl (C=O) groups excluding carboxylic acids is 1. The van der Waals surface area contributed by atoms with Crippen LogP contribution in [0.2, 0.25) is 5.22 Å². The molecule has 0 bridgehead atoms. The molecule has 1 unspecified atom stereocenters. The van der Waals surface area contributed by atoms with Crippen molar-refractivity contribution in [3.63, 3.8) is 0 Å². The summed E-state index contributed by atoms with van der Waals surface area (Å²) in [6.45, 7) is 1.29. The van der Waals surface area contributed by atoms with Crippen molar-refractivity contribution >= 4 is 17.5 Å². The lowest BCUT2D eigenvalue weighted by Crippen LogP contribution is -2.30. The van der Waals surface area contributed by atoms with Gasteiger partial charge in [0.2, 0.25) is 11.1 Å². The van der Waals surface area contributed by atoms with Crippen LogP contribution in [0.25, 0.3) is 0 Å². The Morgan fingerprint density at radius 1 is 1.45 bits per heavy atom. The Kier molecular flexibility index (Phi) is 5.10. The van der Waals surface area contributed by atoms with Gasteiger partial charge in [0.25, 0.3) is 0 Å². The van der Waals surface area contributed by atoms with Crippen molar-refractivity contribution in [1.29, 1.82) is 0 Å². The van der Waals surface area contributed by atoms with Crippen LogP contribution in [0.5, 0.6) is 0 Å². The molecule has 0 spiro atoms. The number of nitrogens with zero attached hydrogens (tertiary/aromatic N) is 1. The number of aryl methyl sites for hydroxylation is 1. The monoisotopic (exact) mass is 330 g/mol. The van der Waals surface area contributed by atoms with Crippen LogP contribution in [-0.4, -0.2) is 22.7 Å². The van der Waals surface area contributed by atoms with E-state index in [1.807, 2.05) is 0 Å². The van der Waals surface area contributed by atoms with Crippen LogP contribution in [0.15, 0.2) is 22.7 Å². The van der Waals surface area contributed by atoms with Crippen molar-refractivity contribution in [3.8, 4) is 0 Å². The second-order valence-electron chi connectivity index (χ2n) is 4.65. The van der Waals surface area contributed by atoms with Gasteiger partial charge in [0, 0.05) is 12.1 Å². The van der Waals surface area contributed by atoms with Crippen molar-refractivity contribution in [1.82, 2.24) is 10.5 Å². The third-order valence-corrected chi connectivity index (χ3v) is 3.40. The molecule has 1 aromatic heterocycles. The predicted octanol–water partition coefficient (Wildman–Crippen LogP) is 2.31. The Balaban J connectivity index is 1.96. The molecule has 0 saturated heterocycles. The first-order chi connectivity index (χ1) is 10.4. The predicted molar refractivity (Wildman–Crippen MR) is 74.3 cm³/mol. The summed E-state index contributed by atoms with van der Waals surface area (Å²) in [5, 5.41) is 15.8.